The monoisotopic (exact) mass is 338 g/mol. The van der Waals surface area contributed by atoms with Crippen LogP contribution in [-0.2, 0) is 10.0 Å². The third kappa shape index (κ3) is 3.58. The molecule has 0 aliphatic rings. The first kappa shape index (κ1) is 17.6. The minimum atomic E-state index is -3.52. The molecule has 20 heavy (non-hydrogen) atoms. The first-order chi connectivity index (χ1) is 9.33. The number of hydrogen-bond acceptors (Lipinski definition) is 3. The van der Waals surface area contributed by atoms with Gasteiger partial charge in [-0.05, 0) is 18.6 Å². The number of alkyl halides is 2. The Morgan fingerprint density at radius 3 is 2.20 bits per heavy atom. The highest BCUT2D eigenvalue weighted by Crippen LogP contribution is 2.28. The maximum absolute atomic E-state index is 12.3. The number of anilines is 1. The normalized spacial score (nSPS) is 12.7. The fourth-order valence-electron chi connectivity index (χ4n) is 1.66. The lowest BCUT2D eigenvalue weighted by Gasteiger charge is -2.32. The Morgan fingerprint density at radius 1 is 1.20 bits per heavy atom. The van der Waals surface area contributed by atoms with Crippen LogP contribution < -0.4 is 5.32 Å². The molecule has 4 nitrogen and oxygen atoms in total. The van der Waals surface area contributed by atoms with Gasteiger partial charge in [-0.3, -0.25) is 0 Å². The second kappa shape index (κ2) is 6.98. The Bertz CT molecular complexity index is 535. The molecular weight excluding hydrogens is 319 g/mol. The Hall–Kier alpha value is -0.490. The molecule has 0 aromatic heterocycles. The van der Waals surface area contributed by atoms with Crippen LogP contribution in [0.2, 0.25) is 0 Å². The zero-order valence-corrected chi connectivity index (χ0v) is 14.2. The zero-order chi connectivity index (χ0) is 15.4. The van der Waals surface area contributed by atoms with Gasteiger partial charge in [0.05, 0.1) is 11.2 Å². The van der Waals surface area contributed by atoms with Crippen molar-refractivity contribution in [2.45, 2.75) is 23.8 Å². The summed E-state index contributed by atoms with van der Waals surface area (Å²) in [4.78, 5) is 0.220. The molecule has 0 saturated heterocycles. The van der Waals surface area contributed by atoms with Gasteiger partial charge in [-0.1, -0.05) is 19.1 Å². The lowest BCUT2D eigenvalue weighted by molar-refractivity contribution is 0.519. The lowest BCUT2D eigenvalue weighted by Crippen LogP contribution is -2.42. The lowest BCUT2D eigenvalue weighted by atomic mass is 10.0. The summed E-state index contributed by atoms with van der Waals surface area (Å²) in [6.07, 6.45) is 0.691. The summed E-state index contributed by atoms with van der Waals surface area (Å²) in [5.74, 6) is 0.590. The molecular formula is C13H20Cl2N2O2S. The van der Waals surface area contributed by atoms with Crippen LogP contribution in [0.3, 0.4) is 0 Å². The standard InChI is InChI=1S/C13H20Cl2N2O2S/c1-4-13(9-14,10-15)16-11-7-5-6-8-12(11)20(18,19)17(2)3/h5-8,16H,4,9-10H2,1-3H3. The number of rotatable bonds is 7. The highest BCUT2D eigenvalue weighted by atomic mass is 35.5. The van der Waals surface area contributed by atoms with E-state index < -0.39 is 15.6 Å². The molecule has 114 valence electrons. The van der Waals surface area contributed by atoms with Crippen molar-refractivity contribution in [1.29, 1.82) is 0 Å². The number of para-hydroxylation sites is 1. The van der Waals surface area contributed by atoms with Crippen LogP contribution in [-0.4, -0.2) is 44.1 Å². The molecule has 1 aromatic carbocycles. The summed E-state index contributed by atoms with van der Waals surface area (Å²) in [7, 11) is -0.515. The number of benzene rings is 1. The molecule has 0 atom stereocenters. The van der Waals surface area contributed by atoms with Crippen molar-refractivity contribution in [2.75, 3.05) is 31.2 Å². The topological polar surface area (TPSA) is 49.4 Å². The van der Waals surface area contributed by atoms with Crippen LogP contribution in [0.1, 0.15) is 13.3 Å². The van der Waals surface area contributed by atoms with Gasteiger partial charge in [0, 0.05) is 25.9 Å². The predicted octanol–water partition coefficient (Wildman–Crippen LogP) is 2.98. The molecule has 1 rings (SSSR count). The quantitative estimate of drug-likeness (QED) is 0.777. The van der Waals surface area contributed by atoms with E-state index in [1.165, 1.54) is 18.4 Å². The Labute approximate surface area is 131 Å². The second-order valence-corrected chi connectivity index (χ2v) is 7.46. The molecule has 0 saturated carbocycles. The molecule has 0 spiro atoms. The third-order valence-electron chi connectivity index (χ3n) is 3.23. The third-order valence-corrected chi connectivity index (χ3v) is 6.13. The van der Waals surface area contributed by atoms with E-state index in [0.717, 1.165) is 0 Å². The van der Waals surface area contributed by atoms with E-state index in [-0.39, 0.29) is 4.90 Å². The van der Waals surface area contributed by atoms with Crippen molar-refractivity contribution in [2.24, 2.45) is 0 Å². The summed E-state index contributed by atoms with van der Waals surface area (Å²) in [6, 6.07) is 6.76. The summed E-state index contributed by atoms with van der Waals surface area (Å²) < 4.78 is 25.8. The minimum absolute atomic E-state index is 0.220. The number of nitrogens with one attached hydrogen (secondary N) is 1. The average Bonchev–Trinajstić information content (AvgIpc) is 2.45. The van der Waals surface area contributed by atoms with Crippen LogP contribution in [0.4, 0.5) is 5.69 Å². The first-order valence-corrected chi connectivity index (χ1v) is 8.75. The van der Waals surface area contributed by atoms with Gasteiger partial charge in [0.1, 0.15) is 4.90 Å². The highest BCUT2D eigenvalue weighted by Gasteiger charge is 2.29. The first-order valence-electron chi connectivity index (χ1n) is 6.24. The molecule has 0 aliphatic carbocycles. The van der Waals surface area contributed by atoms with Crippen LogP contribution in [0, 0.1) is 0 Å². The van der Waals surface area contributed by atoms with E-state index in [0.29, 0.717) is 23.9 Å². The summed E-state index contributed by atoms with van der Waals surface area (Å²) in [6.45, 7) is 1.96. The van der Waals surface area contributed by atoms with Crippen molar-refractivity contribution in [3.63, 3.8) is 0 Å². The molecule has 0 bridgehead atoms. The molecule has 0 heterocycles. The van der Waals surface area contributed by atoms with E-state index >= 15 is 0 Å². The van der Waals surface area contributed by atoms with Gasteiger partial charge >= 0.3 is 0 Å². The van der Waals surface area contributed by atoms with E-state index in [1.54, 1.807) is 24.3 Å². The van der Waals surface area contributed by atoms with Crippen molar-refractivity contribution >= 4 is 38.9 Å². The van der Waals surface area contributed by atoms with Gasteiger partial charge in [-0.15, -0.1) is 23.2 Å². The number of hydrogen-bond donors (Lipinski definition) is 1. The second-order valence-electron chi connectivity index (χ2n) is 4.81. The molecule has 1 aromatic rings. The molecule has 0 amide bonds. The summed E-state index contributed by atoms with van der Waals surface area (Å²) in [5, 5.41) is 3.20. The number of sulfonamides is 1. The SMILES string of the molecule is CCC(CCl)(CCl)Nc1ccccc1S(=O)(=O)N(C)C. The Morgan fingerprint density at radius 2 is 1.75 bits per heavy atom. The van der Waals surface area contributed by atoms with Gasteiger partial charge in [0.25, 0.3) is 0 Å². The molecule has 0 fully saturated rings. The predicted molar refractivity (Wildman–Crippen MR) is 85.4 cm³/mol. The molecule has 0 unspecified atom stereocenters. The number of halogens is 2. The van der Waals surface area contributed by atoms with Crippen molar-refractivity contribution < 1.29 is 8.42 Å². The van der Waals surface area contributed by atoms with Crippen molar-refractivity contribution in [3.05, 3.63) is 24.3 Å². The van der Waals surface area contributed by atoms with E-state index in [4.69, 9.17) is 23.2 Å². The van der Waals surface area contributed by atoms with Crippen molar-refractivity contribution in [3.8, 4) is 0 Å². The fourth-order valence-corrected chi connectivity index (χ4v) is 3.50. The molecule has 0 radical (unpaired) electrons. The Kier molecular flexibility index (Phi) is 6.13. The molecule has 0 aliphatic heterocycles. The van der Waals surface area contributed by atoms with Crippen LogP contribution in [0.5, 0.6) is 0 Å². The smallest absolute Gasteiger partial charge is 0.244 e. The maximum atomic E-state index is 12.3. The molecule has 7 heteroatoms. The van der Waals surface area contributed by atoms with Crippen LogP contribution in [0.15, 0.2) is 29.2 Å². The summed E-state index contributed by atoms with van der Waals surface area (Å²) in [5.41, 5.74) is -0.00882. The largest absolute Gasteiger partial charge is 0.376 e. The zero-order valence-electron chi connectivity index (χ0n) is 11.9. The van der Waals surface area contributed by atoms with Gasteiger partial charge in [0.2, 0.25) is 10.0 Å². The van der Waals surface area contributed by atoms with E-state index in [9.17, 15) is 8.42 Å². The number of nitrogens with zero attached hydrogens (tertiary/aromatic N) is 1. The maximum Gasteiger partial charge on any atom is 0.244 e. The van der Waals surface area contributed by atoms with Crippen LogP contribution in [0.25, 0.3) is 0 Å². The van der Waals surface area contributed by atoms with E-state index in [2.05, 4.69) is 5.32 Å². The average molecular weight is 339 g/mol. The Balaban J connectivity index is 3.28. The van der Waals surface area contributed by atoms with Gasteiger partial charge in [-0.25, -0.2) is 12.7 Å². The highest BCUT2D eigenvalue weighted by molar-refractivity contribution is 7.89. The fraction of sp³-hybridized carbons (Fsp3) is 0.538. The van der Waals surface area contributed by atoms with Gasteiger partial charge < -0.3 is 5.32 Å². The van der Waals surface area contributed by atoms with E-state index in [1.807, 2.05) is 6.92 Å². The van der Waals surface area contributed by atoms with Gasteiger partial charge in [-0.2, -0.15) is 0 Å². The minimum Gasteiger partial charge on any atom is -0.376 e. The summed E-state index contributed by atoms with van der Waals surface area (Å²) >= 11 is 12.0. The van der Waals surface area contributed by atoms with Crippen molar-refractivity contribution in [1.82, 2.24) is 4.31 Å². The van der Waals surface area contributed by atoms with Gasteiger partial charge in [0.15, 0.2) is 0 Å². The van der Waals surface area contributed by atoms with Crippen LogP contribution >= 0.6 is 23.2 Å². The molecule has 1 N–H and O–H groups in total.